The van der Waals surface area contributed by atoms with Gasteiger partial charge in [-0.25, -0.2) is 0 Å². The van der Waals surface area contributed by atoms with Crippen LogP contribution in [-0.4, -0.2) is 67.4 Å². The summed E-state index contributed by atoms with van der Waals surface area (Å²) in [5.74, 6) is 0.996. The molecule has 1 aromatic carbocycles. The molecule has 0 spiro atoms. The van der Waals surface area contributed by atoms with Crippen LogP contribution in [0.4, 0.5) is 5.69 Å². The van der Waals surface area contributed by atoms with Crippen molar-refractivity contribution in [1.29, 1.82) is 0 Å². The summed E-state index contributed by atoms with van der Waals surface area (Å²) in [5.41, 5.74) is 1.27. The van der Waals surface area contributed by atoms with Gasteiger partial charge in [-0.1, -0.05) is 12.1 Å². The molecule has 1 N–H and O–H groups in total. The van der Waals surface area contributed by atoms with Gasteiger partial charge in [-0.3, -0.25) is 15.1 Å². The molecular weight excluding hydrogens is 396 g/mol. The van der Waals surface area contributed by atoms with E-state index < -0.39 is 0 Å². The number of nitro benzene ring substituents is 1. The molecule has 0 radical (unpaired) electrons. The summed E-state index contributed by atoms with van der Waals surface area (Å²) in [4.78, 5) is 17.5. The number of aliphatic imine (C=N–C) groups is 1. The summed E-state index contributed by atoms with van der Waals surface area (Å²) in [5, 5.41) is 14.2. The second-order valence-corrected chi connectivity index (χ2v) is 8.27. The Kier molecular flexibility index (Phi) is 9.55. The number of hydrogen-bond donors (Lipinski definition) is 1. The van der Waals surface area contributed by atoms with Crippen LogP contribution in [-0.2, 0) is 15.9 Å². The summed E-state index contributed by atoms with van der Waals surface area (Å²) >= 11 is 0. The Morgan fingerprint density at radius 2 is 2.03 bits per heavy atom. The van der Waals surface area contributed by atoms with Crippen molar-refractivity contribution in [1.82, 2.24) is 10.2 Å². The summed E-state index contributed by atoms with van der Waals surface area (Å²) in [7, 11) is 0. The number of rotatable bonds is 10. The van der Waals surface area contributed by atoms with Crippen LogP contribution in [0.2, 0.25) is 0 Å². The van der Waals surface area contributed by atoms with E-state index >= 15 is 0 Å². The van der Waals surface area contributed by atoms with Crippen LogP contribution in [0.3, 0.4) is 0 Å². The lowest BCUT2D eigenvalue weighted by Gasteiger charge is -2.34. The second-order valence-electron chi connectivity index (χ2n) is 8.27. The van der Waals surface area contributed by atoms with E-state index in [4.69, 9.17) is 14.5 Å². The molecule has 2 aliphatic heterocycles. The van der Waals surface area contributed by atoms with E-state index in [2.05, 4.69) is 17.1 Å². The molecule has 0 bridgehead atoms. The predicted octanol–water partition coefficient (Wildman–Crippen LogP) is 3.54. The Balaban J connectivity index is 1.36. The molecule has 31 heavy (non-hydrogen) atoms. The Morgan fingerprint density at radius 1 is 1.26 bits per heavy atom. The number of ether oxygens (including phenoxy) is 2. The second kappa shape index (κ2) is 12.6. The predicted molar refractivity (Wildman–Crippen MR) is 122 cm³/mol. The number of guanidine groups is 1. The highest BCUT2D eigenvalue weighted by Crippen LogP contribution is 2.18. The molecule has 8 heteroatoms. The summed E-state index contributed by atoms with van der Waals surface area (Å²) in [6, 6.07) is 6.84. The zero-order valence-electron chi connectivity index (χ0n) is 18.6. The van der Waals surface area contributed by atoms with Gasteiger partial charge in [-0.2, -0.15) is 0 Å². The monoisotopic (exact) mass is 432 g/mol. The van der Waals surface area contributed by atoms with Crippen molar-refractivity contribution in [2.45, 2.75) is 64.1 Å². The van der Waals surface area contributed by atoms with Gasteiger partial charge in [0.25, 0.3) is 5.69 Å². The van der Waals surface area contributed by atoms with Crippen LogP contribution in [0.15, 0.2) is 29.3 Å². The average molecular weight is 433 g/mol. The van der Waals surface area contributed by atoms with Crippen molar-refractivity contribution >= 4 is 11.6 Å². The van der Waals surface area contributed by atoms with Crippen LogP contribution in [0.5, 0.6) is 0 Å². The van der Waals surface area contributed by atoms with Gasteiger partial charge in [0.15, 0.2) is 5.96 Å². The van der Waals surface area contributed by atoms with Gasteiger partial charge in [-0.05, 0) is 57.4 Å². The first-order valence-electron chi connectivity index (χ1n) is 11.7. The molecule has 3 rings (SSSR count). The fourth-order valence-electron chi connectivity index (χ4n) is 4.09. The first-order chi connectivity index (χ1) is 15.2. The first-order valence-corrected chi connectivity index (χ1v) is 11.7. The SMILES string of the molecule is CCNC(=NCCCCc1ccc([N+](=O)[O-])cc1)N1CCC(OCC2CCCO2)CC1. The summed E-state index contributed by atoms with van der Waals surface area (Å²) in [6.45, 7) is 7.27. The van der Waals surface area contributed by atoms with E-state index in [1.165, 1.54) is 0 Å². The number of nitrogens with zero attached hydrogens (tertiary/aromatic N) is 3. The number of nitrogens with one attached hydrogen (secondary N) is 1. The molecule has 0 amide bonds. The maximum atomic E-state index is 10.7. The molecule has 2 aliphatic rings. The zero-order valence-corrected chi connectivity index (χ0v) is 18.6. The minimum atomic E-state index is -0.361. The highest BCUT2D eigenvalue weighted by atomic mass is 16.6. The van der Waals surface area contributed by atoms with Crippen LogP contribution >= 0.6 is 0 Å². The van der Waals surface area contributed by atoms with Crippen molar-refractivity contribution in [2.75, 3.05) is 39.4 Å². The third kappa shape index (κ3) is 7.78. The lowest BCUT2D eigenvalue weighted by Crippen LogP contribution is -2.47. The maximum absolute atomic E-state index is 10.7. The van der Waals surface area contributed by atoms with Gasteiger partial charge < -0.3 is 19.7 Å². The standard InChI is InChI=1S/C23H36N4O4/c1-2-24-23(25-14-4-3-6-19-8-10-20(11-9-19)27(28)29)26-15-12-21(13-16-26)31-18-22-7-5-17-30-22/h8-11,21-22H,2-7,12-18H2,1H3,(H,24,25). The Bertz CT molecular complexity index is 696. The van der Waals surface area contributed by atoms with E-state index in [0.717, 1.165) is 95.9 Å². The highest BCUT2D eigenvalue weighted by Gasteiger charge is 2.24. The zero-order chi connectivity index (χ0) is 21.9. The van der Waals surface area contributed by atoms with Crippen molar-refractivity contribution in [3.8, 4) is 0 Å². The molecule has 2 fully saturated rings. The molecule has 0 aromatic heterocycles. The number of nitro groups is 1. The number of hydrogen-bond acceptors (Lipinski definition) is 5. The number of non-ortho nitro benzene ring substituents is 1. The smallest absolute Gasteiger partial charge is 0.269 e. The van der Waals surface area contributed by atoms with Gasteiger partial charge in [0.2, 0.25) is 0 Å². The Labute approximate surface area is 185 Å². The molecule has 1 unspecified atom stereocenters. The van der Waals surface area contributed by atoms with Crippen molar-refractivity contribution in [2.24, 2.45) is 4.99 Å². The number of aryl methyl sites for hydroxylation is 1. The van der Waals surface area contributed by atoms with Crippen LogP contribution in [0.25, 0.3) is 0 Å². The first kappa shape index (κ1) is 23.5. The maximum Gasteiger partial charge on any atom is 0.269 e. The minimum Gasteiger partial charge on any atom is -0.376 e. The molecule has 1 aromatic rings. The normalized spacial score (nSPS) is 20.2. The average Bonchev–Trinajstić information content (AvgIpc) is 3.31. The van der Waals surface area contributed by atoms with Gasteiger partial charge >= 0.3 is 0 Å². The van der Waals surface area contributed by atoms with Crippen LogP contribution in [0.1, 0.15) is 51.0 Å². The van der Waals surface area contributed by atoms with Crippen LogP contribution < -0.4 is 5.32 Å². The molecule has 1 atom stereocenters. The lowest BCUT2D eigenvalue weighted by molar-refractivity contribution is -0.384. The topological polar surface area (TPSA) is 89.2 Å². The Morgan fingerprint density at radius 3 is 2.68 bits per heavy atom. The quantitative estimate of drug-likeness (QED) is 0.200. The largest absolute Gasteiger partial charge is 0.376 e. The number of benzene rings is 1. The van der Waals surface area contributed by atoms with Gasteiger partial charge in [-0.15, -0.1) is 0 Å². The van der Waals surface area contributed by atoms with E-state index in [1.54, 1.807) is 12.1 Å². The fourth-order valence-corrected chi connectivity index (χ4v) is 4.09. The number of piperidine rings is 1. The van der Waals surface area contributed by atoms with Crippen molar-refractivity contribution < 1.29 is 14.4 Å². The third-order valence-electron chi connectivity index (χ3n) is 5.90. The van der Waals surface area contributed by atoms with Crippen LogP contribution in [0, 0.1) is 10.1 Å². The fraction of sp³-hybridized carbons (Fsp3) is 0.696. The van der Waals surface area contributed by atoms with E-state index in [1.807, 2.05) is 12.1 Å². The highest BCUT2D eigenvalue weighted by molar-refractivity contribution is 5.80. The van der Waals surface area contributed by atoms with Crippen molar-refractivity contribution in [3.63, 3.8) is 0 Å². The molecule has 172 valence electrons. The summed E-state index contributed by atoms with van der Waals surface area (Å²) < 4.78 is 11.7. The molecule has 2 saturated heterocycles. The molecule has 0 saturated carbocycles. The van der Waals surface area contributed by atoms with E-state index in [-0.39, 0.29) is 10.6 Å². The third-order valence-corrected chi connectivity index (χ3v) is 5.90. The molecule has 8 nitrogen and oxygen atoms in total. The Hall–Kier alpha value is -2.19. The van der Waals surface area contributed by atoms with Gasteiger partial charge in [0.1, 0.15) is 0 Å². The van der Waals surface area contributed by atoms with Crippen molar-refractivity contribution in [3.05, 3.63) is 39.9 Å². The van der Waals surface area contributed by atoms with Gasteiger partial charge in [0.05, 0.1) is 23.7 Å². The molecular formula is C23H36N4O4. The van der Waals surface area contributed by atoms with E-state index in [9.17, 15) is 10.1 Å². The number of unbranched alkanes of at least 4 members (excludes halogenated alkanes) is 1. The number of likely N-dealkylation sites (tertiary alicyclic amines) is 1. The van der Waals surface area contributed by atoms with Gasteiger partial charge in [0, 0.05) is 44.9 Å². The minimum absolute atomic E-state index is 0.143. The molecule has 0 aliphatic carbocycles. The lowest BCUT2D eigenvalue weighted by atomic mass is 10.1. The van der Waals surface area contributed by atoms with E-state index in [0.29, 0.717) is 12.2 Å². The molecule has 2 heterocycles. The summed E-state index contributed by atoms with van der Waals surface area (Å²) in [6.07, 6.45) is 7.87.